The number of hydrogen-bond acceptors (Lipinski definition) is 4. The van der Waals surface area contributed by atoms with E-state index in [9.17, 15) is 0 Å². The Hall–Kier alpha value is -1.65. The second kappa shape index (κ2) is 5.99. The number of nitrogens with zero attached hydrogens (tertiary/aromatic N) is 3. The highest BCUT2D eigenvalue weighted by Gasteiger charge is 2.11. The first-order valence-electron chi connectivity index (χ1n) is 6.56. The Morgan fingerprint density at radius 2 is 1.84 bits per heavy atom. The molecule has 2 rings (SSSR count). The van der Waals surface area contributed by atoms with Crippen LogP contribution in [0.25, 0.3) is 10.9 Å². The van der Waals surface area contributed by atoms with Crippen LogP contribution >= 0.6 is 0 Å². The second-order valence-electron chi connectivity index (χ2n) is 5.08. The second-order valence-corrected chi connectivity index (χ2v) is 5.08. The van der Waals surface area contributed by atoms with Crippen LogP contribution in [0.3, 0.4) is 0 Å². The summed E-state index contributed by atoms with van der Waals surface area (Å²) in [6.07, 6.45) is 1.89. The molecule has 0 radical (unpaired) electrons. The highest BCUT2D eigenvalue weighted by atomic mass is 15.2. The van der Waals surface area contributed by atoms with Gasteiger partial charge in [-0.2, -0.15) is 0 Å². The predicted molar refractivity (Wildman–Crippen MR) is 81.5 cm³/mol. The molecular formula is C15H22N4. The zero-order chi connectivity index (χ0) is 13.8. The fourth-order valence-electron chi connectivity index (χ4n) is 2.23. The Kier molecular flexibility index (Phi) is 4.35. The molecule has 0 aliphatic rings. The maximum Gasteiger partial charge on any atom is 0.0723 e. The normalized spacial score (nSPS) is 11.2. The number of fused-ring (bicyclic) bond motifs is 1. The molecule has 0 amide bonds. The lowest BCUT2D eigenvalue weighted by Gasteiger charge is -2.25. The first-order valence-corrected chi connectivity index (χ1v) is 6.56. The van der Waals surface area contributed by atoms with Gasteiger partial charge in [-0.3, -0.25) is 4.98 Å². The van der Waals surface area contributed by atoms with Crippen molar-refractivity contribution in [2.75, 3.05) is 39.1 Å². The van der Waals surface area contributed by atoms with Crippen molar-refractivity contribution in [2.45, 2.75) is 6.54 Å². The minimum absolute atomic E-state index is 0.513. The topological polar surface area (TPSA) is 45.4 Å². The van der Waals surface area contributed by atoms with Crippen LogP contribution in [0, 0.1) is 0 Å². The molecule has 0 atom stereocenters. The van der Waals surface area contributed by atoms with Crippen LogP contribution in [0.5, 0.6) is 0 Å². The number of hydrogen-bond donors (Lipinski definition) is 1. The van der Waals surface area contributed by atoms with E-state index < -0.39 is 0 Å². The molecule has 4 heteroatoms. The van der Waals surface area contributed by atoms with E-state index in [1.807, 2.05) is 24.4 Å². The van der Waals surface area contributed by atoms with Crippen molar-refractivity contribution >= 4 is 16.6 Å². The van der Waals surface area contributed by atoms with E-state index in [1.165, 1.54) is 11.1 Å². The Balaban J connectivity index is 2.43. The summed E-state index contributed by atoms with van der Waals surface area (Å²) in [5, 5.41) is 1.17. The van der Waals surface area contributed by atoms with Gasteiger partial charge in [-0.1, -0.05) is 18.2 Å². The Morgan fingerprint density at radius 3 is 2.53 bits per heavy atom. The number of pyridine rings is 1. The lowest BCUT2D eigenvalue weighted by atomic mass is 10.1. The van der Waals surface area contributed by atoms with Crippen molar-refractivity contribution in [3.8, 4) is 0 Å². The van der Waals surface area contributed by atoms with Gasteiger partial charge >= 0.3 is 0 Å². The third-order valence-electron chi connectivity index (χ3n) is 3.31. The third-order valence-corrected chi connectivity index (χ3v) is 3.31. The third kappa shape index (κ3) is 3.03. The van der Waals surface area contributed by atoms with Crippen LogP contribution in [-0.4, -0.2) is 44.1 Å². The van der Waals surface area contributed by atoms with Gasteiger partial charge in [0.05, 0.1) is 11.2 Å². The predicted octanol–water partition coefficient (Wildman–Crippen LogP) is 1.69. The summed E-state index contributed by atoms with van der Waals surface area (Å²) in [5.74, 6) is 0. The summed E-state index contributed by atoms with van der Waals surface area (Å²) in [4.78, 5) is 8.93. The highest BCUT2D eigenvalue weighted by molar-refractivity contribution is 5.93. The summed E-state index contributed by atoms with van der Waals surface area (Å²) >= 11 is 0. The standard InChI is InChI=1S/C15H22N4/c1-18(2)8-9-19(3)15-12(10-16)11-17-14-7-5-4-6-13(14)15/h4-7,11H,8-10,16H2,1-3H3. The molecular weight excluding hydrogens is 236 g/mol. The van der Waals surface area contributed by atoms with Gasteiger partial charge in [0.15, 0.2) is 0 Å². The molecule has 0 saturated carbocycles. The molecule has 0 unspecified atom stereocenters. The minimum atomic E-state index is 0.513. The summed E-state index contributed by atoms with van der Waals surface area (Å²) < 4.78 is 0. The molecule has 1 aromatic heterocycles. The van der Waals surface area contributed by atoms with Crippen LogP contribution in [-0.2, 0) is 6.54 Å². The van der Waals surface area contributed by atoms with Crippen LogP contribution in [0.2, 0.25) is 0 Å². The molecule has 0 aliphatic carbocycles. The van der Waals surface area contributed by atoms with E-state index in [-0.39, 0.29) is 0 Å². The van der Waals surface area contributed by atoms with Crippen molar-refractivity contribution < 1.29 is 0 Å². The molecule has 2 aromatic rings. The maximum atomic E-state index is 5.86. The first kappa shape index (κ1) is 13.8. The largest absolute Gasteiger partial charge is 0.372 e. The van der Waals surface area contributed by atoms with Crippen molar-refractivity contribution in [2.24, 2.45) is 5.73 Å². The van der Waals surface area contributed by atoms with E-state index in [2.05, 4.69) is 42.0 Å². The number of nitrogens with two attached hydrogens (primary N) is 1. The molecule has 19 heavy (non-hydrogen) atoms. The van der Waals surface area contributed by atoms with Gasteiger partial charge in [0.1, 0.15) is 0 Å². The van der Waals surface area contributed by atoms with Crippen molar-refractivity contribution in [1.82, 2.24) is 9.88 Å². The van der Waals surface area contributed by atoms with Crippen molar-refractivity contribution in [3.05, 3.63) is 36.0 Å². The number of rotatable bonds is 5. The Bertz CT molecular complexity index is 551. The van der Waals surface area contributed by atoms with E-state index in [1.54, 1.807) is 0 Å². The molecule has 0 saturated heterocycles. The van der Waals surface area contributed by atoms with Gasteiger partial charge in [0, 0.05) is 43.8 Å². The van der Waals surface area contributed by atoms with Gasteiger partial charge in [-0.05, 0) is 20.2 Å². The first-order chi connectivity index (χ1) is 9.13. The van der Waals surface area contributed by atoms with E-state index in [0.29, 0.717) is 6.54 Å². The maximum absolute atomic E-state index is 5.86. The van der Waals surface area contributed by atoms with Crippen LogP contribution in [0.15, 0.2) is 30.5 Å². The zero-order valence-electron chi connectivity index (χ0n) is 11.9. The van der Waals surface area contributed by atoms with E-state index in [4.69, 9.17) is 5.73 Å². The summed E-state index contributed by atoms with van der Waals surface area (Å²) in [5.41, 5.74) is 9.18. The SMILES string of the molecule is CN(C)CCN(C)c1c(CN)cnc2ccccc12. The molecule has 2 N–H and O–H groups in total. The Morgan fingerprint density at radius 1 is 1.11 bits per heavy atom. The number of anilines is 1. The average Bonchev–Trinajstić information content (AvgIpc) is 2.43. The number of aromatic nitrogens is 1. The minimum Gasteiger partial charge on any atom is -0.372 e. The molecule has 0 bridgehead atoms. The van der Waals surface area contributed by atoms with Crippen LogP contribution in [0.4, 0.5) is 5.69 Å². The lowest BCUT2D eigenvalue weighted by molar-refractivity contribution is 0.416. The van der Waals surface area contributed by atoms with Crippen LogP contribution in [0.1, 0.15) is 5.56 Å². The average molecular weight is 258 g/mol. The zero-order valence-corrected chi connectivity index (χ0v) is 11.9. The van der Waals surface area contributed by atoms with Crippen molar-refractivity contribution in [1.29, 1.82) is 0 Å². The van der Waals surface area contributed by atoms with E-state index >= 15 is 0 Å². The van der Waals surface area contributed by atoms with Gasteiger partial charge in [0.2, 0.25) is 0 Å². The number of benzene rings is 1. The molecule has 0 fully saturated rings. The molecule has 102 valence electrons. The quantitative estimate of drug-likeness (QED) is 0.886. The van der Waals surface area contributed by atoms with Gasteiger partial charge < -0.3 is 15.5 Å². The van der Waals surface area contributed by atoms with Gasteiger partial charge in [-0.25, -0.2) is 0 Å². The van der Waals surface area contributed by atoms with Crippen molar-refractivity contribution in [3.63, 3.8) is 0 Å². The fraction of sp³-hybridized carbons (Fsp3) is 0.400. The summed E-state index contributed by atoms with van der Waals surface area (Å²) in [6, 6.07) is 8.22. The summed E-state index contributed by atoms with van der Waals surface area (Å²) in [7, 11) is 6.29. The Labute approximate surface area is 114 Å². The molecule has 4 nitrogen and oxygen atoms in total. The summed E-state index contributed by atoms with van der Waals surface area (Å²) in [6.45, 7) is 2.49. The van der Waals surface area contributed by atoms with Gasteiger partial charge in [0.25, 0.3) is 0 Å². The molecule has 0 aliphatic heterocycles. The molecule has 0 spiro atoms. The molecule has 1 aromatic carbocycles. The van der Waals surface area contributed by atoms with Gasteiger partial charge in [-0.15, -0.1) is 0 Å². The fourth-order valence-corrected chi connectivity index (χ4v) is 2.23. The van der Waals surface area contributed by atoms with Crippen LogP contribution < -0.4 is 10.6 Å². The monoisotopic (exact) mass is 258 g/mol. The molecule has 1 heterocycles. The number of likely N-dealkylation sites (N-methyl/N-ethyl adjacent to an activating group) is 2. The lowest BCUT2D eigenvalue weighted by Crippen LogP contribution is -2.29. The van der Waals surface area contributed by atoms with E-state index in [0.717, 1.165) is 24.2 Å². The smallest absolute Gasteiger partial charge is 0.0723 e. The number of para-hydroxylation sites is 1. The highest BCUT2D eigenvalue weighted by Crippen LogP contribution is 2.28.